The van der Waals surface area contributed by atoms with Crippen LogP contribution in [0.15, 0.2) is 215 Å². The third kappa shape index (κ3) is 5.41. The van der Waals surface area contributed by atoms with E-state index in [0.29, 0.717) is 0 Å². The van der Waals surface area contributed by atoms with E-state index in [1.807, 2.05) is 18.2 Å². The van der Waals surface area contributed by atoms with Gasteiger partial charge in [0.2, 0.25) is 0 Å². The van der Waals surface area contributed by atoms with Gasteiger partial charge in [-0.3, -0.25) is 0 Å². The van der Waals surface area contributed by atoms with Gasteiger partial charge in [0.15, 0.2) is 0 Å². The van der Waals surface area contributed by atoms with Crippen LogP contribution in [0, 0.1) is 0 Å². The van der Waals surface area contributed by atoms with Crippen LogP contribution in [-0.4, -0.2) is 0 Å². The molecule has 0 amide bonds. The average Bonchev–Trinajstić information content (AvgIpc) is 3.99. The van der Waals surface area contributed by atoms with Gasteiger partial charge in [-0.1, -0.05) is 159 Å². The molecule has 0 saturated heterocycles. The summed E-state index contributed by atoms with van der Waals surface area (Å²) in [6.07, 6.45) is 0. The van der Waals surface area contributed by atoms with Gasteiger partial charge in [0.25, 0.3) is 0 Å². The van der Waals surface area contributed by atoms with E-state index in [-0.39, 0.29) is 5.41 Å². The number of fused-ring (bicyclic) bond motifs is 15. The van der Waals surface area contributed by atoms with Crippen molar-refractivity contribution >= 4 is 76.2 Å². The van der Waals surface area contributed by atoms with Crippen LogP contribution >= 0.6 is 0 Å². The monoisotopic (exact) mass is 828 g/mol. The van der Waals surface area contributed by atoms with Crippen molar-refractivity contribution in [2.45, 2.75) is 19.3 Å². The predicted octanol–water partition coefficient (Wildman–Crippen LogP) is 17.9. The molecular weight excluding hydrogens is 789 g/mol. The van der Waals surface area contributed by atoms with Crippen LogP contribution in [-0.2, 0) is 5.41 Å². The van der Waals surface area contributed by atoms with E-state index in [2.05, 4.69) is 202 Å². The highest BCUT2D eigenvalue weighted by molar-refractivity contribution is 6.26. The highest BCUT2D eigenvalue weighted by Gasteiger charge is 2.35. The van der Waals surface area contributed by atoms with Crippen molar-refractivity contribution < 1.29 is 8.83 Å². The van der Waals surface area contributed by atoms with Crippen molar-refractivity contribution in [1.29, 1.82) is 0 Å². The second kappa shape index (κ2) is 13.4. The molecule has 14 rings (SSSR count). The third-order valence-corrected chi connectivity index (χ3v) is 14.4. The molecule has 1 aliphatic carbocycles. The molecule has 11 aromatic carbocycles. The molecule has 0 atom stereocenters. The smallest absolute Gasteiger partial charge is 0.136 e. The first-order valence-corrected chi connectivity index (χ1v) is 22.5. The van der Waals surface area contributed by atoms with Gasteiger partial charge in [0.05, 0.1) is 0 Å². The summed E-state index contributed by atoms with van der Waals surface area (Å²) in [5.74, 6) is 0. The lowest BCUT2D eigenvalue weighted by Gasteiger charge is -2.22. The second-order valence-corrected chi connectivity index (χ2v) is 18.4. The zero-order valence-electron chi connectivity index (χ0n) is 35.9. The molecule has 1 aliphatic rings. The molecule has 2 nitrogen and oxygen atoms in total. The molecule has 0 bridgehead atoms. The number of benzene rings is 11. The van der Waals surface area contributed by atoms with Crippen LogP contribution in [0.2, 0.25) is 0 Å². The summed E-state index contributed by atoms with van der Waals surface area (Å²) >= 11 is 0. The molecule has 2 heteroatoms. The van der Waals surface area contributed by atoms with Gasteiger partial charge in [-0.25, -0.2) is 0 Å². The standard InChI is InChI=1S/C63H40O2/c1-63(2)57-19-7-5-17-49(57)50-27-23-44(34-58(50)63)42-22-26-48-47-25-21-41(31-52(47)45-15-3-4-16-46(45)53(48)32-42)39-13-9-11-37(29-39)38-12-10-14-40(30-38)43-24-28-60-54(33-43)56-36-61-55(35-62(56)65-60)51-18-6-8-20-59(51)64-61/h3-36H,1-2H3. The highest BCUT2D eigenvalue weighted by Crippen LogP contribution is 2.50. The molecule has 2 aromatic heterocycles. The summed E-state index contributed by atoms with van der Waals surface area (Å²) in [6.45, 7) is 4.71. The Kier molecular flexibility index (Phi) is 7.49. The Morgan fingerprint density at radius 3 is 1.29 bits per heavy atom. The summed E-state index contributed by atoms with van der Waals surface area (Å²) in [7, 11) is 0. The molecule has 13 aromatic rings. The molecule has 65 heavy (non-hydrogen) atoms. The Morgan fingerprint density at radius 2 is 0.662 bits per heavy atom. The van der Waals surface area contributed by atoms with Crippen molar-refractivity contribution in [1.82, 2.24) is 0 Å². The lowest BCUT2D eigenvalue weighted by Crippen LogP contribution is -2.14. The number of para-hydroxylation sites is 1. The number of rotatable bonds is 4. The predicted molar refractivity (Wildman–Crippen MR) is 273 cm³/mol. The summed E-state index contributed by atoms with van der Waals surface area (Å²) < 4.78 is 12.7. The Bertz CT molecular complexity index is 4140. The van der Waals surface area contributed by atoms with E-state index in [1.165, 1.54) is 88.0 Å². The van der Waals surface area contributed by atoms with Gasteiger partial charge < -0.3 is 8.83 Å². The van der Waals surface area contributed by atoms with Gasteiger partial charge in [-0.2, -0.15) is 0 Å². The van der Waals surface area contributed by atoms with E-state index in [0.717, 1.165) is 55.0 Å². The molecule has 0 N–H and O–H groups in total. The Labute approximate surface area is 375 Å². The highest BCUT2D eigenvalue weighted by atomic mass is 16.3. The van der Waals surface area contributed by atoms with Crippen LogP contribution in [0.1, 0.15) is 25.0 Å². The maximum Gasteiger partial charge on any atom is 0.136 e. The molecule has 0 saturated carbocycles. The van der Waals surface area contributed by atoms with Crippen LogP contribution in [0.4, 0.5) is 0 Å². The van der Waals surface area contributed by atoms with Crippen molar-refractivity contribution in [3.8, 4) is 55.6 Å². The fourth-order valence-electron chi connectivity index (χ4n) is 11.1. The van der Waals surface area contributed by atoms with Crippen LogP contribution in [0.3, 0.4) is 0 Å². The van der Waals surface area contributed by atoms with Gasteiger partial charge >= 0.3 is 0 Å². The van der Waals surface area contributed by atoms with E-state index in [4.69, 9.17) is 8.83 Å². The fourth-order valence-corrected chi connectivity index (χ4v) is 11.1. The molecule has 2 heterocycles. The Morgan fingerprint density at radius 1 is 0.246 bits per heavy atom. The van der Waals surface area contributed by atoms with Crippen LogP contribution < -0.4 is 0 Å². The maximum absolute atomic E-state index is 6.40. The van der Waals surface area contributed by atoms with E-state index in [9.17, 15) is 0 Å². The van der Waals surface area contributed by atoms with Crippen molar-refractivity contribution in [2.75, 3.05) is 0 Å². The first kappa shape index (κ1) is 36.3. The lowest BCUT2D eigenvalue weighted by atomic mass is 9.81. The van der Waals surface area contributed by atoms with Crippen molar-refractivity contribution in [3.05, 3.63) is 217 Å². The minimum atomic E-state index is -0.0401. The zero-order chi connectivity index (χ0) is 43.0. The zero-order valence-corrected chi connectivity index (χ0v) is 35.9. The molecule has 0 radical (unpaired) electrons. The third-order valence-electron chi connectivity index (χ3n) is 14.4. The number of hydrogen-bond donors (Lipinski definition) is 0. The molecule has 0 aliphatic heterocycles. The van der Waals surface area contributed by atoms with Crippen molar-refractivity contribution in [3.63, 3.8) is 0 Å². The summed E-state index contributed by atoms with van der Waals surface area (Å²) in [5, 5.41) is 12.0. The molecule has 304 valence electrons. The van der Waals surface area contributed by atoms with Crippen LogP contribution in [0.25, 0.3) is 132 Å². The second-order valence-electron chi connectivity index (χ2n) is 18.4. The first-order valence-electron chi connectivity index (χ1n) is 22.5. The topological polar surface area (TPSA) is 26.3 Å². The lowest BCUT2D eigenvalue weighted by molar-refractivity contribution is 0.660. The fraction of sp³-hybridized carbons (Fsp3) is 0.0476. The van der Waals surface area contributed by atoms with Gasteiger partial charge in [0, 0.05) is 27.0 Å². The first-order chi connectivity index (χ1) is 31.9. The molecule has 0 spiro atoms. The number of hydrogen-bond acceptors (Lipinski definition) is 2. The van der Waals surface area contributed by atoms with Gasteiger partial charge in [-0.05, 0) is 160 Å². The maximum atomic E-state index is 6.40. The average molecular weight is 829 g/mol. The molecular formula is C63H40O2. The van der Waals surface area contributed by atoms with Crippen LogP contribution in [0.5, 0.6) is 0 Å². The molecule has 0 fully saturated rings. The summed E-state index contributed by atoms with van der Waals surface area (Å²) in [5.41, 5.74) is 18.5. The molecule has 0 unspecified atom stereocenters. The number of furan rings is 2. The van der Waals surface area contributed by atoms with Crippen molar-refractivity contribution in [2.24, 2.45) is 0 Å². The summed E-state index contributed by atoms with van der Waals surface area (Å²) in [4.78, 5) is 0. The Hall–Kier alpha value is -8.20. The normalized spacial score (nSPS) is 13.2. The largest absolute Gasteiger partial charge is 0.456 e. The minimum absolute atomic E-state index is 0.0401. The van der Waals surface area contributed by atoms with Gasteiger partial charge in [0.1, 0.15) is 22.3 Å². The van der Waals surface area contributed by atoms with E-state index in [1.54, 1.807) is 0 Å². The van der Waals surface area contributed by atoms with Gasteiger partial charge in [-0.15, -0.1) is 0 Å². The SMILES string of the molecule is CC1(C)c2ccccc2-c2ccc(-c3ccc4c5ccc(-c6cccc(-c7cccc(-c8ccc9oc%10cc%11c(cc%10c9c8)oc8ccccc8%11)c7)c6)cc5c5ccccc5c4c3)cc21. The minimum Gasteiger partial charge on any atom is -0.456 e. The van der Waals surface area contributed by atoms with E-state index >= 15 is 0 Å². The Balaban J connectivity index is 0.820. The van der Waals surface area contributed by atoms with E-state index < -0.39 is 0 Å². The quantitative estimate of drug-likeness (QED) is 0.165. The summed E-state index contributed by atoms with van der Waals surface area (Å²) in [6, 6.07) is 75.7.